The van der Waals surface area contributed by atoms with Crippen LogP contribution < -0.4 is 27.0 Å². The van der Waals surface area contributed by atoms with Crippen LogP contribution in [0.2, 0.25) is 0 Å². The minimum absolute atomic E-state index is 0.0833. The lowest BCUT2D eigenvalue weighted by atomic mass is 9.80. The van der Waals surface area contributed by atoms with Crippen LogP contribution in [0.15, 0.2) is 72.5 Å². The van der Waals surface area contributed by atoms with Gasteiger partial charge in [-0.2, -0.15) is 13.2 Å². The molecule has 6 N–H and O–H groups in total. The van der Waals surface area contributed by atoms with Gasteiger partial charge in [0.1, 0.15) is 16.8 Å². The van der Waals surface area contributed by atoms with Crippen molar-refractivity contribution < 1.29 is 22.8 Å². The molecule has 1 saturated heterocycles. The number of ketones is 1. The van der Waals surface area contributed by atoms with Gasteiger partial charge in [-0.25, -0.2) is 4.79 Å². The third kappa shape index (κ3) is 5.05. The molecule has 0 spiro atoms. The van der Waals surface area contributed by atoms with Crippen molar-refractivity contribution in [1.82, 2.24) is 10.6 Å². The van der Waals surface area contributed by atoms with Crippen molar-refractivity contribution in [3.05, 3.63) is 83.6 Å². The Morgan fingerprint density at radius 3 is 2.47 bits per heavy atom. The predicted octanol–water partition coefficient (Wildman–Crippen LogP) is 3.66. The van der Waals surface area contributed by atoms with Gasteiger partial charge < -0.3 is 27.0 Å². The number of amides is 2. The monoisotopic (exact) mass is 519 g/mol. The van der Waals surface area contributed by atoms with E-state index in [4.69, 9.17) is 23.1 Å². The molecule has 1 aliphatic heterocycles. The van der Waals surface area contributed by atoms with E-state index in [1.54, 1.807) is 36.4 Å². The summed E-state index contributed by atoms with van der Waals surface area (Å²) in [6.07, 6.45) is -1.35. The largest absolute Gasteiger partial charge is 0.398 e. The highest BCUT2D eigenvalue weighted by Crippen LogP contribution is 2.49. The van der Waals surface area contributed by atoms with Crippen molar-refractivity contribution in [3.63, 3.8) is 0 Å². The van der Waals surface area contributed by atoms with Gasteiger partial charge in [0, 0.05) is 42.3 Å². The SMILES string of the molecule is NC(=O)NC1=CC(C(F)(F)F)C(Cl)(c2ccc(N3CCNCC3C(=O)c3ccccc3N)cc2)C=C1. The summed E-state index contributed by atoms with van der Waals surface area (Å²) < 4.78 is 41.9. The van der Waals surface area contributed by atoms with Gasteiger partial charge in [0.05, 0.1) is 0 Å². The lowest BCUT2D eigenvalue weighted by molar-refractivity contribution is -0.168. The van der Waals surface area contributed by atoms with E-state index in [9.17, 15) is 22.8 Å². The molecule has 2 amide bonds. The van der Waals surface area contributed by atoms with Gasteiger partial charge in [-0.3, -0.25) is 4.79 Å². The van der Waals surface area contributed by atoms with Crippen molar-refractivity contribution in [1.29, 1.82) is 0 Å². The van der Waals surface area contributed by atoms with Crippen LogP contribution in [0, 0.1) is 5.92 Å². The fourth-order valence-electron chi connectivity index (χ4n) is 4.56. The molecule has 2 aromatic carbocycles. The Bertz CT molecular complexity index is 1210. The summed E-state index contributed by atoms with van der Waals surface area (Å²) in [4.78, 5) is 24.3. The predicted molar refractivity (Wildman–Crippen MR) is 133 cm³/mol. The number of nitrogen functional groups attached to an aromatic ring is 1. The van der Waals surface area contributed by atoms with Crippen LogP contribution in [0.4, 0.5) is 29.3 Å². The third-order valence-corrected chi connectivity index (χ3v) is 6.92. The van der Waals surface area contributed by atoms with Gasteiger partial charge in [0.25, 0.3) is 0 Å². The average molecular weight is 520 g/mol. The lowest BCUT2D eigenvalue weighted by Crippen LogP contribution is -2.55. The fraction of sp³-hybridized carbons (Fsp3) is 0.280. The van der Waals surface area contributed by atoms with Gasteiger partial charge >= 0.3 is 12.2 Å². The van der Waals surface area contributed by atoms with E-state index in [1.165, 1.54) is 24.3 Å². The van der Waals surface area contributed by atoms with Gasteiger partial charge in [-0.1, -0.05) is 30.3 Å². The number of piperazine rings is 1. The number of rotatable bonds is 5. The lowest BCUT2D eigenvalue weighted by Gasteiger charge is -2.38. The van der Waals surface area contributed by atoms with Crippen LogP contribution in [0.3, 0.4) is 0 Å². The molecule has 0 saturated carbocycles. The summed E-state index contributed by atoms with van der Waals surface area (Å²) >= 11 is 6.58. The topological polar surface area (TPSA) is 113 Å². The molecule has 4 rings (SSSR count). The summed E-state index contributed by atoms with van der Waals surface area (Å²) in [6.45, 7) is 1.55. The second-order valence-electron chi connectivity index (χ2n) is 8.64. The number of hydrogen-bond donors (Lipinski definition) is 4. The minimum atomic E-state index is -4.69. The van der Waals surface area contributed by atoms with Crippen LogP contribution in [-0.4, -0.2) is 43.7 Å². The fourth-order valence-corrected chi connectivity index (χ4v) is 4.94. The number of nitrogens with one attached hydrogen (secondary N) is 2. The summed E-state index contributed by atoms with van der Waals surface area (Å²) in [5, 5.41) is 5.37. The van der Waals surface area contributed by atoms with E-state index in [2.05, 4.69) is 10.6 Å². The van der Waals surface area contributed by atoms with Crippen LogP contribution in [-0.2, 0) is 4.87 Å². The molecule has 11 heteroatoms. The van der Waals surface area contributed by atoms with Gasteiger partial charge in [0.2, 0.25) is 0 Å². The molecule has 0 aromatic heterocycles. The smallest absolute Gasteiger partial charge is 0.397 e. The third-order valence-electron chi connectivity index (χ3n) is 6.34. The summed E-state index contributed by atoms with van der Waals surface area (Å²) in [5.41, 5.74) is 12.6. The number of carbonyl (C=O) groups is 2. The Kier molecular flexibility index (Phi) is 7.01. The zero-order valence-electron chi connectivity index (χ0n) is 19.1. The summed E-state index contributed by atoms with van der Waals surface area (Å²) in [6, 6.07) is 11.7. The van der Waals surface area contributed by atoms with E-state index in [-0.39, 0.29) is 17.0 Å². The van der Waals surface area contributed by atoms with E-state index >= 15 is 0 Å². The molecule has 36 heavy (non-hydrogen) atoms. The number of carbonyl (C=O) groups excluding carboxylic acids is 2. The zero-order valence-corrected chi connectivity index (χ0v) is 19.8. The number of hydrogen-bond acceptors (Lipinski definition) is 5. The van der Waals surface area contributed by atoms with Gasteiger partial charge in [-0.05, 0) is 42.0 Å². The maximum absolute atomic E-state index is 14.0. The Morgan fingerprint density at radius 1 is 1.14 bits per heavy atom. The Hall–Kier alpha value is -3.50. The molecule has 3 atom stereocenters. The van der Waals surface area contributed by atoms with E-state index in [1.807, 2.05) is 4.90 Å². The number of allylic oxidation sites excluding steroid dienone is 3. The average Bonchev–Trinajstić information content (AvgIpc) is 2.84. The first-order valence-electron chi connectivity index (χ1n) is 11.2. The number of nitrogens with two attached hydrogens (primary N) is 2. The highest BCUT2D eigenvalue weighted by Gasteiger charge is 2.52. The standard InChI is InChI=1S/C25H25ClF3N5O2/c26-24(10-9-16(33-23(31)36)13-21(24)25(27,28)29)15-5-7-17(8-6-15)34-12-11-32-14-20(34)22(35)18-3-1-2-4-19(18)30/h1-10,13,20-21,32H,11-12,14,30H2,(H3,31,33,36). The summed E-state index contributed by atoms with van der Waals surface area (Å²) in [5.74, 6) is -2.26. The minimum Gasteiger partial charge on any atom is -0.398 e. The molecule has 2 aromatic rings. The molecule has 190 valence electrons. The first-order chi connectivity index (χ1) is 17.0. The number of Topliss-reactive ketones (excluding diaryl/α,β-unsaturated/α-hetero) is 1. The second-order valence-corrected chi connectivity index (χ2v) is 9.27. The van der Waals surface area contributed by atoms with Crippen molar-refractivity contribution in [2.45, 2.75) is 17.1 Å². The number of benzene rings is 2. The van der Waals surface area contributed by atoms with Crippen LogP contribution in [0.25, 0.3) is 0 Å². The quantitative estimate of drug-likeness (QED) is 0.273. The molecule has 0 radical (unpaired) electrons. The molecule has 1 aliphatic carbocycles. The molecular weight excluding hydrogens is 495 g/mol. The molecule has 3 unspecified atom stereocenters. The second kappa shape index (κ2) is 9.87. The Labute approximate surface area is 211 Å². The first kappa shape index (κ1) is 25.6. The number of para-hydroxylation sites is 1. The number of nitrogens with zero attached hydrogens (tertiary/aromatic N) is 1. The van der Waals surface area contributed by atoms with Gasteiger partial charge in [0.15, 0.2) is 5.78 Å². The number of anilines is 2. The van der Waals surface area contributed by atoms with Gasteiger partial charge in [-0.15, -0.1) is 11.6 Å². The van der Waals surface area contributed by atoms with Crippen LogP contribution in [0.1, 0.15) is 15.9 Å². The van der Waals surface area contributed by atoms with E-state index in [0.29, 0.717) is 36.6 Å². The molecule has 1 heterocycles. The molecular formula is C25H25ClF3N5O2. The molecule has 2 aliphatic rings. The van der Waals surface area contributed by atoms with Crippen molar-refractivity contribution in [3.8, 4) is 0 Å². The van der Waals surface area contributed by atoms with Crippen molar-refractivity contribution >= 4 is 34.8 Å². The van der Waals surface area contributed by atoms with Crippen molar-refractivity contribution in [2.24, 2.45) is 11.7 Å². The molecule has 1 fully saturated rings. The summed E-state index contributed by atoms with van der Waals surface area (Å²) in [7, 11) is 0. The van der Waals surface area contributed by atoms with Crippen molar-refractivity contribution in [2.75, 3.05) is 30.3 Å². The van der Waals surface area contributed by atoms with E-state index < -0.39 is 29.0 Å². The number of alkyl halides is 4. The Morgan fingerprint density at radius 2 is 1.83 bits per heavy atom. The molecule has 7 nitrogen and oxygen atoms in total. The Balaban J connectivity index is 1.63. The highest BCUT2D eigenvalue weighted by molar-refractivity contribution is 6.26. The van der Waals surface area contributed by atoms with Crippen LogP contribution in [0.5, 0.6) is 0 Å². The maximum Gasteiger partial charge on any atom is 0.397 e. The first-order valence-corrected chi connectivity index (χ1v) is 11.6. The normalized spacial score (nSPS) is 24.2. The number of halogens is 4. The molecule has 0 bridgehead atoms. The van der Waals surface area contributed by atoms with Crippen LogP contribution >= 0.6 is 11.6 Å². The maximum atomic E-state index is 14.0. The number of urea groups is 1. The van der Waals surface area contributed by atoms with E-state index in [0.717, 1.165) is 6.08 Å². The zero-order chi connectivity index (χ0) is 26.1. The number of primary amides is 1. The highest BCUT2D eigenvalue weighted by atomic mass is 35.5.